The van der Waals surface area contributed by atoms with Gasteiger partial charge in [-0.25, -0.2) is 0 Å². The minimum absolute atomic E-state index is 0.130. The standard InChI is InChI=1S/C26H28N4O/c1-16(2)19-6-8-21(9-7-19)26(31)27-23-15-25-24(14-18(23)5)28-30(29-25)22-12-10-20(11-13-22)17(3)4/h6-17H,1-5H3,(H,27,31). The minimum atomic E-state index is -0.130. The van der Waals surface area contributed by atoms with Crippen LogP contribution in [-0.2, 0) is 0 Å². The van der Waals surface area contributed by atoms with Gasteiger partial charge in [-0.3, -0.25) is 4.79 Å². The van der Waals surface area contributed by atoms with E-state index in [0.717, 1.165) is 28.0 Å². The van der Waals surface area contributed by atoms with E-state index in [-0.39, 0.29) is 5.91 Å². The van der Waals surface area contributed by atoms with Gasteiger partial charge in [-0.2, -0.15) is 4.80 Å². The molecule has 1 N–H and O–H groups in total. The van der Waals surface area contributed by atoms with Crippen molar-refractivity contribution in [3.63, 3.8) is 0 Å². The highest BCUT2D eigenvalue weighted by Gasteiger charge is 2.12. The summed E-state index contributed by atoms with van der Waals surface area (Å²) in [4.78, 5) is 14.4. The molecule has 158 valence electrons. The molecule has 1 heterocycles. The molecule has 5 nitrogen and oxygen atoms in total. The number of nitrogens with one attached hydrogen (secondary N) is 1. The molecule has 0 saturated heterocycles. The molecule has 5 heteroatoms. The van der Waals surface area contributed by atoms with E-state index >= 15 is 0 Å². The summed E-state index contributed by atoms with van der Waals surface area (Å²) in [6.45, 7) is 10.6. The number of anilines is 1. The van der Waals surface area contributed by atoms with Crippen molar-refractivity contribution in [3.05, 3.63) is 82.9 Å². The molecule has 1 aromatic heterocycles. The molecule has 0 atom stereocenters. The predicted molar refractivity (Wildman–Crippen MR) is 126 cm³/mol. The lowest BCUT2D eigenvalue weighted by Gasteiger charge is -2.10. The van der Waals surface area contributed by atoms with Gasteiger partial charge >= 0.3 is 0 Å². The quantitative estimate of drug-likeness (QED) is 0.423. The summed E-state index contributed by atoms with van der Waals surface area (Å²) in [5.41, 5.74) is 7.27. The summed E-state index contributed by atoms with van der Waals surface area (Å²) in [6.07, 6.45) is 0. The Morgan fingerprint density at radius 2 is 1.32 bits per heavy atom. The average Bonchev–Trinajstić information content (AvgIpc) is 3.16. The summed E-state index contributed by atoms with van der Waals surface area (Å²) >= 11 is 0. The first-order valence-electron chi connectivity index (χ1n) is 10.7. The Morgan fingerprint density at radius 1 is 0.806 bits per heavy atom. The van der Waals surface area contributed by atoms with E-state index < -0.39 is 0 Å². The van der Waals surface area contributed by atoms with Crippen molar-refractivity contribution in [2.24, 2.45) is 0 Å². The second-order valence-corrected chi connectivity index (χ2v) is 8.62. The largest absolute Gasteiger partial charge is 0.322 e. The van der Waals surface area contributed by atoms with Gasteiger partial charge in [0.2, 0.25) is 0 Å². The molecule has 4 rings (SSSR count). The molecule has 0 aliphatic heterocycles. The van der Waals surface area contributed by atoms with Crippen LogP contribution in [0.3, 0.4) is 0 Å². The van der Waals surface area contributed by atoms with Gasteiger partial charge in [-0.05, 0) is 71.8 Å². The van der Waals surface area contributed by atoms with Crippen LogP contribution in [0.4, 0.5) is 5.69 Å². The first kappa shape index (κ1) is 20.8. The van der Waals surface area contributed by atoms with Crippen molar-refractivity contribution < 1.29 is 4.79 Å². The lowest BCUT2D eigenvalue weighted by Crippen LogP contribution is -2.12. The van der Waals surface area contributed by atoms with Crippen molar-refractivity contribution in [3.8, 4) is 5.69 Å². The molecule has 0 spiro atoms. The van der Waals surface area contributed by atoms with E-state index in [1.54, 1.807) is 4.80 Å². The van der Waals surface area contributed by atoms with Gasteiger partial charge in [-0.1, -0.05) is 52.0 Å². The molecule has 3 aromatic carbocycles. The van der Waals surface area contributed by atoms with Crippen molar-refractivity contribution in [1.82, 2.24) is 15.0 Å². The molecule has 0 aliphatic carbocycles. The van der Waals surface area contributed by atoms with Crippen LogP contribution in [0, 0.1) is 6.92 Å². The highest BCUT2D eigenvalue weighted by Crippen LogP contribution is 2.24. The zero-order chi connectivity index (χ0) is 22.1. The van der Waals surface area contributed by atoms with Gasteiger partial charge in [0, 0.05) is 11.3 Å². The zero-order valence-electron chi connectivity index (χ0n) is 18.7. The Hall–Kier alpha value is -3.47. The van der Waals surface area contributed by atoms with Gasteiger partial charge < -0.3 is 5.32 Å². The van der Waals surface area contributed by atoms with E-state index in [1.165, 1.54) is 11.1 Å². The molecule has 0 radical (unpaired) electrons. The van der Waals surface area contributed by atoms with Gasteiger partial charge in [-0.15, -0.1) is 10.2 Å². The molecule has 0 aliphatic rings. The van der Waals surface area contributed by atoms with Crippen LogP contribution in [0.2, 0.25) is 0 Å². The monoisotopic (exact) mass is 412 g/mol. The number of fused-ring (bicyclic) bond motifs is 1. The molecule has 0 saturated carbocycles. The lowest BCUT2D eigenvalue weighted by molar-refractivity contribution is 0.102. The summed E-state index contributed by atoms with van der Waals surface area (Å²) in [5, 5.41) is 12.3. The lowest BCUT2D eigenvalue weighted by atomic mass is 10.0. The predicted octanol–water partition coefficient (Wildman–Crippen LogP) is 6.23. The molecule has 31 heavy (non-hydrogen) atoms. The summed E-state index contributed by atoms with van der Waals surface area (Å²) in [5.74, 6) is 0.787. The zero-order valence-corrected chi connectivity index (χ0v) is 18.7. The summed E-state index contributed by atoms with van der Waals surface area (Å²) < 4.78 is 0. The van der Waals surface area contributed by atoms with Crippen molar-refractivity contribution in [2.45, 2.75) is 46.5 Å². The molecule has 1 amide bonds. The number of rotatable bonds is 5. The highest BCUT2D eigenvalue weighted by atomic mass is 16.1. The van der Waals surface area contributed by atoms with E-state index in [4.69, 9.17) is 0 Å². The maximum Gasteiger partial charge on any atom is 0.255 e. The third kappa shape index (κ3) is 4.36. The average molecular weight is 413 g/mol. The molecular formula is C26H28N4O. The van der Waals surface area contributed by atoms with E-state index in [9.17, 15) is 4.79 Å². The van der Waals surface area contributed by atoms with Crippen LogP contribution < -0.4 is 5.32 Å². The summed E-state index contributed by atoms with van der Waals surface area (Å²) in [6, 6.07) is 19.9. The van der Waals surface area contributed by atoms with Gasteiger partial charge in [0.05, 0.1) is 5.69 Å². The van der Waals surface area contributed by atoms with Crippen molar-refractivity contribution in [1.29, 1.82) is 0 Å². The molecule has 0 bridgehead atoms. The van der Waals surface area contributed by atoms with Gasteiger partial charge in [0.1, 0.15) is 11.0 Å². The fourth-order valence-corrected chi connectivity index (χ4v) is 3.52. The Bertz CT molecular complexity index is 1220. The smallest absolute Gasteiger partial charge is 0.255 e. The van der Waals surface area contributed by atoms with Crippen LogP contribution in [0.5, 0.6) is 0 Å². The Kier molecular flexibility index (Phi) is 5.59. The fourth-order valence-electron chi connectivity index (χ4n) is 3.52. The van der Waals surface area contributed by atoms with Gasteiger partial charge in [0.15, 0.2) is 0 Å². The fraction of sp³-hybridized carbons (Fsp3) is 0.269. The minimum Gasteiger partial charge on any atom is -0.322 e. The Labute approximate surface area is 183 Å². The third-order valence-corrected chi connectivity index (χ3v) is 5.60. The van der Waals surface area contributed by atoms with E-state index in [1.807, 2.05) is 55.5 Å². The number of hydrogen-bond acceptors (Lipinski definition) is 3. The molecule has 0 fully saturated rings. The number of aryl methyl sites for hydroxylation is 1. The van der Waals surface area contributed by atoms with Crippen LogP contribution >= 0.6 is 0 Å². The van der Waals surface area contributed by atoms with Crippen LogP contribution in [0.15, 0.2) is 60.7 Å². The molecule has 4 aromatic rings. The topological polar surface area (TPSA) is 59.8 Å². The maximum atomic E-state index is 12.7. The van der Waals surface area contributed by atoms with Crippen LogP contribution in [0.1, 0.15) is 66.6 Å². The van der Waals surface area contributed by atoms with Gasteiger partial charge in [0.25, 0.3) is 5.91 Å². The second kappa shape index (κ2) is 8.34. The Morgan fingerprint density at radius 3 is 1.87 bits per heavy atom. The number of carbonyl (C=O) groups excluding carboxylic acids is 1. The number of amides is 1. The highest BCUT2D eigenvalue weighted by molar-refractivity contribution is 6.05. The second-order valence-electron chi connectivity index (χ2n) is 8.62. The molecule has 0 unspecified atom stereocenters. The summed E-state index contributed by atoms with van der Waals surface area (Å²) in [7, 11) is 0. The number of nitrogens with zero attached hydrogens (tertiary/aromatic N) is 3. The first-order chi connectivity index (χ1) is 14.8. The van der Waals surface area contributed by atoms with Crippen LogP contribution in [0.25, 0.3) is 16.7 Å². The van der Waals surface area contributed by atoms with E-state index in [0.29, 0.717) is 17.4 Å². The SMILES string of the molecule is Cc1cc2nn(-c3ccc(C(C)C)cc3)nc2cc1NC(=O)c1ccc(C(C)C)cc1. The Balaban J connectivity index is 1.59. The number of benzene rings is 3. The molecular weight excluding hydrogens is 384 g/mol. The number of aromatic nitrogens is 3. The maximum absolute atomic E-state index is 12.7. The van der Waals surface area contributed by atoms with Crippen molar-refractivity contribution in [2.75, 3.05) is 5.32 Å². The van der Waals surface area contributed by atoms with Crippen LogP contribution in [-0.4, -0.2) is 20.9 Å². The normalized spacial score (nSPS) is 11.5. The number of hydrogen-bond donors (Lipinski definition) is 1. The van der Waals surface area contributed by atoms with Crippen molar-refractivity contribution >= 4 is 22.6 Å². The van der Waals surface area contributed by atoms with E-state index in [2.05, 4.69) is 55.3 Å². The third-order valence-electron chi connectivity index (χ3n) is 5.60. The first-order valence-corrected chi connectivity index (χ1v) is 10.7. The number of carbonyl (C=O) groups is 1.